The van der Waals surface area contributed by atoms with E-state index in [0.29, 0.717) is 6.42 Å². The zero-order chi connectivity index (χ0) is 9.23. The fourth-order valence-corrected chi connectivity index (χ4v) is 1.33. The number of aldehydes is 1. The summed E-state index contributed by atoms with van der Waals surface area (Å²) in [6.45, 7) is 4.40. The maximum Gasteiger partial charge on any atom is 0.120 e. The normalized spacial score (nSPS) is 9.50. The standard InChI is InChI=1S/C11H20O/c1-3-7-11(8-4-2)9-5-6-10-12/h9-10H,3-8H2,1-2H3. The largest absolute Gasteiger partial charge is 0.303 e. The van der Waals surface area contributed by atoms with E-state index in [0.717, 1.165) is 12.7 Å². The minimum atomic E-state index is 0.678. The van der Waals surface area contributed by atoms with E-state index in [1.165, 1.54) is 31.3 Å². The van der Waals surface area contributed by atoms with Crippen molar-refractivity contribution in [1.29, 1.82) is 0 Å². The molecular weight excluding hydrogens is 148 g/mol. The second-order valence-electron chi connectivity index (χ2n) is 3.11. The van der Waals surface area contributed by atoms with Gasteiger partial charge in [0.2, 0.25) is 0 Å². The minimum absolute atomic E-state index is 0.678. The highest BCUT2D eigenvalue weighted by Gasteiger charge is 1.93. The van der Waals surface area contributed by atoms with E-state index in [1.54, 1.807) is 0 Å². The highest BCUT2D eigenvalue weighted by atomic mass is 16.1. The van der Waals surface area contributed by atoms with Gasteiger partial charge >= 0.3 is 0 Å². The van der Waals surface area contributed by atoms with Crippen molar-refractivity contribution in [1.82, 2.24) is 0 Å². The molecule has 0 aromatic heterocycles. The highest BCUT2D eigenvalue weighted by Crippen LogP contribution is 2.12. The van der Waals surface area contributed by atoms with Crippen molar-refractivity contribution in [3.05, 3.63) is 11.6 Å². The molecule has 0 rings (SSSR count). The van der Waals surface area contributed by atoms with Crippen molar-refractivity contribution < 1.29 is 4.79 Å². The third kappa shape index (κ3) is 6.14. The second kappa shape index (κ2) is 8.51. The van der Waals surface area contributed by atoms with Crippen LogP contribution >= 0.6 is 0 Å². The summed E-state index contributed by atoms with van der Waals surface area (Å²) in [7, 11) is 0. The van der Waals surface area contributed by atoms with Gasteiger partial charge in [-0.3, -0.25) is 0 Å². The Kier molecular flexibility index (Phi) is 8.09. The molecule has 0 N–H and O–H groups in total. The van der Waals surface area contributed by atoms with Crippen LogP contribution in [0.25, 0.3) is 0 Å². The molecule has 1 heteroatoms. The molecule has 1 nitrogen and oxygen atoms in total. The van der Waals surface area contributed by atoms with Crippen LogP contribution < -0.4 is 0 Å². The molecule has 0 atom stereocenters. The minimum Gasteiger partial charge on any atom is -0.303 e. The molecule has 0 saturated carbocycles. The molecule has 0 aliphatic rings. The van der Waals surface area contributed by atoms with Crippen LogP contribution in [0, 0.1) is 0 Å². The van der Waals surface area contributed by atoms with E-state index >= 15 is 0 Å². The number of hydrogen-bond acceptors (Lipinski definition) is 1. The Bertz CT molecular complexity index is 128. The van der Waals surface area contributed by atoms with Crippen LogP contribution in [0.4, 0.5) is 0 Å². The fraction of sp³-hybridized carbons (Fsp3) is 0.727. The first-order valence-corrected chi connectivity index (χ1v) is 4.96. The molecule has 0 aliphatic carbocycles. The Morgan fingerprint density at radius 2 is 1.67 bits per heavy atom. The predicted octanol–water partition coefficient (Wildman–Crippen LogP) is 3.49. The summed E-state index contributed by atoms with van der Waals surface area (Å²) in [5, 5.41) is 0. The van der Waals surface area contributed by atoms with E-state index in [9.17, 15) is 4.79 Å². The third-order valence-corrected chi connectivity index (χ3v) is 1.86. The lowest BCUT2D eigenvalue weighted by Gasteiger charge is -2.02. The second-order valence-corrected chi connectivity index (χ2v) is 3.11. The lowest BCUT2D eigenvalue weighted by Crippen LogP contribution is -1.83. The molecule has 12 heavy (non-hydrogen) atoms. The molecule has 0 saturated heterocycles. The van der Waals surface area contributed by atoms with Gasteiger partial charge in [0, 0.05) is 6.42 Å². The SMILES string of the molecule is CCCC(=CCCC=O)CCC. The topological polar surface area (TPSA) is 17.1 Å². The third-order valence-electron chi connectivity index (χ3n) is 1.86. The van der Waals surface area contributed by atoms with Crippen molar-refractivity contribution in [2.45, 2.75) is 52.4 Å². The van der Waals surface area contributed by atoms with Crippen molar-refractivity contribution in [3.8, 4) is 0 Å². The molecule has 0 fully saturated rings. The molecule has 0 radical (unpaired) electrons. The summed E-state index contributed by atoms with van der Waals surface area (Å²) in [4.78, 5) is 10.1. The zero-order valence-corrected chi connectivity index (χ0v) is 8.31. The highest BCUT2D eigenvalue weighted by molar-refractivity contribution is 5.49. The predicted molar refractivity (Wildman–Crippen MR) is 53.2 cm³/mol. The maximum atomic E-state index is 10.1. The molecule has 0 amide bonds. The van der Waals surface area contributed by atoms with Gasteiger partial charge in [0.25, 0.3) is 0 Å². The first kappa shape index (κ1) is 11.4. The smallest absolute Gasteiger partial charge is 0.120 e. The molecule has 0 aliphatic heterocycles. The molecule has 0 aromatic rings. The van der Waals surface area contributed by atoms with Crippen LogP contribution in [0.3, 0.4) is 0 Å². The summed E-state index contributed by atoms with van der Waals surface area (Å²) in [5.41, 5.74) is 1.53. The molecular formula is C11H20O. The number of unbranched alkanes of at least 4 members (excludes halogenated alkanes) is 1. The van der Waals surface area contributed by atoms with E-state index in [4.69, 9.17) is 0 Å². The number of hydrogen-bond donors (Lipinski definition) is 0. The monoisotopic (exact) mass is 168 g/mol. The average Bonchev–Trinajstić information content (AvgIpc) is 2.06. The van der Waals surface area contributed by atoms with Gasteiger partial charge < -0.3 is 4.79 Å². The fourth-order valence-electron chi connectivity index (χ4n) is 1.33. The van der Waals surface area contributed by atoms with Crippen molar-refractivity contribution in [2.75, 3.05) is 0 Å². The van der Waals surface area contributed by atoms with Gasteiger partial charge in [0.05, 0.1) is 0 Å². The Labute approximate surface area is 75.9 Å². The average molecular weight is 168 g/mol. The molecule has 0 aromatic carbocycles. The number of allylic oxidation sites excluding steroid dienone is 2. The zero-order valence-electron chi connectivity index (χ0n) is 8.31. The first-order valence-electron chi connectivity index (χ1n) is 4.96. The van der Waals surface area contributed by atoms with Crippen LogP contribution in [0.15, 0.2) is 11.6 Å². The summed E-state index contributed by atoms with van der Waals surface area (Å²) in [5.74, 6) is 0. The Morgan fingerprint density at radius 1 is 1.08 bits per heavy atom. The van der Waals surface area contributed by atoms with Gasteiger partial charge in [-0.1, -0.05) is 38.3 Å². The van der Waals surface area contributed by atoms with Gasteiger partial charge in [-0.25, -0.2) is 0 Å². The van der Waals surface area contributed by atoms with E-state index in [1.807, 2.05) is 0 Å². The molecule has 0 unspecified atom stereocenters. The first-order chi connectivity index (χ1) is 5.85. The Morgan fingerprint density at radius 3 is 2.08 bits per heavy atom. The molecule has 70 valence electrons. The van der Waals surface area contributed by atoms with Gasteiger partial charge in [-0.05, 0) is 19.3 Å². The molecule has 0 heterocycles. The lowest BCUT2D eigenvalue weighted by atomic mass is 10.0. The summed E-state index contributed by atoms with van der Waals surface area (Å²) in [6, 6.07) is 0. The van der Waals surface area contributed by atoms with E-state index < -0.39 is 0 Å². The van der Waals surface area contributed by atoms with Gasteiger partial charge in [0.1, 0.15) is 6.29 Å². The number of carbonyl (C=O) groups excluding carboxylic acids is 1. The van der Waals surface area contributed by atoms with Crippen LogP contribution in [-0.4, -0.2) is 6.29 Å². The summed E-state index contributed by atoms with van der Waals surface area (Å²) in [6.07, 6.45) is 9.67. The van der Waals surface area contributed by atoms with Gasteiger partial charge in [-0.2, -0.15) is 0 Å². The van der Waals surface area contributed by atoms with Crippen LogP contribution in [0.1, 0.15) is 52.4 Å². The maximum absolute atomic E-state index is 10.1. The van der Waals surface area contributed by atoms with Crippen LogP contribution in [-0.2, 0) is 4.79 Å². The Hall–Kier alpha value is -0.590. The van der Waals surface area contributed by atoms with Crippen LogP contribution in [0.5, 0.6) is 0 Å². The van der Waals surface area contributed by atoms with Crippen molar-refractivity contribution in [2.24, 2.45) is 0 Å². The van der Waals surface area contributed by atoms with Gasteiger partial charge in [0.15, 0.2) is 0 Å². The molecule has 0 spiro atoms. The summed E-state index contributed by atoms with van der Waals surface area (Å²) >= 11 is 0. The van der Waals surface area contributed by atoms with Crippen LogP contribution in [0.2, 0.25) is 0 Å². The molecule has 0 bridgehead atoms. The Balaban J connectivity index is 3.72. The van der Waals surface area contributed by atoms with Crippen molar-refractivity contribution in [3.63, 3.8) is 0 Å². The van der Waals surface area contributed by atoms with Gasteiger partial charge in [-0.15, -0.1) is 0 Å². The van der Waals surface area contributed by atoms with E-state index in [-0.39, 0.29) is 0 Å². The summed E-state index contributed by atoms with van der Waals surface area (Å²) < 4.78 is 0. The number of rotatable bonds is 7. The van der Waals surface area contributed by atoms with E-state index in [2.05, 4.69) is 19.9 Å². The lowest BCUT2D eigenvalue weighted by molar-refractivity contribution is -0.107. The number of carbonyl (C=O) groups is 1. The van der Waals surface area contributed by atoms with Crippen molar-refractivity contribution >= 4 is 6.29 Å². The quantitative estimate of drug-likeness (QED) is 0.323.